The Morgan fingerprint density at radius 2 is 1.85 bits per heavy atom. The second-order valence-corrected chi connectivity index (χ2v) is 10.00. The van der Waals surface area contributed by atoms with Crippen molar-refractivity contribution in [2.45, 2.75) is 52.1 Å². The molecule has 0 fully saturated rings. The van der Waals surface area contributed by atoms with Crippen LogP contribution < -0.4 is 4.74 Å². The van der Waals surface area contributed by atoms with Crippen LogP contribution in [0.1, 0.15) is 41.1 Å². The first-order chi connectivity index (χ1) is 15.9. The Bertz CT molecular complexity index is 1200. The van der Waals surface area contributed by atoms with Crippen molar-refractivity contribution in [3.63, 3.8) is 0 Å². The predicted octanol–water partition coefficient (Wildman–Crippen LogP) is 5.94. The van der Waals surface area contributed by atoms with Gasteiger partial charge in [-0.2, -0.15) is 13.2 Å². The molecule has 0 saturated carbocycles. The highest BCUT2D eigenvalue weighted by molar-refractivity contribution is 7.15. The topological polar surface area (TPSA) is 62.7 Å². The summed E-state index contributed by atoms with van der Waals surface area (Å²) in [6, 6.07) is 10.8. The molecule has 2 aromatic carbocycles. The molecular weight excluding hydrogens is 465 g/mol. The van der Waals surface area contributed by atoms with E-state index < -0.39 is 23.3 Å². The van der Waals surface area contributed by atoms with E-state index in [4.69, 9.17) is 4.74 Å². The molecule has 1 aliphatic heterocycles. The highest BCUT2D eigenvalue weighted by Crippen LogP contribution is 2.34. The molecule has 34 heavy (non-hydrogen) atoms. The molecule has 1 aliphatic rings. The first-order valence-corrected chi connectivity index (χ1v) is 11.6. The molecule has 5 nitrogen and oxygen atoms in total. The number of rotatable bonds is 6. The lowest BCUT2D eigenvalue weighted by atomic mass is 9.99. The molecule has 4 rings (SSSR count). The highest BCUT2D eigenvalue weighted by Gasteiger charge is 2.31. The summed E-state index contributed by atoms with van der Waals surface area (Å²) in [5, 5.41) is 9.99. The summed E-state index contributed by atoms with van der Waals surface area (Å²) in [5.74, 6) is -0.480. The van der Waals surface area contributed by atoms with Crippen molar-refractivity contribution < 1.29 is 27.8 Å². The van der Waals surface area contributed by atoms with Crippen LogP contribution in [0.4, 0.5) is 13.2 Å². The fourth-order valence-electron chi connectivity index (χ4n) is 3.83. The van der Waals surface area contributed by atoms with Crippen molar-refractivity contribution in [1.82, 2.24) is 9.88 Å². The van der Waals surface area contributed by atoms with E-state index in [1.54, 1.807) is 6.07 Å². The van der Waals surface area contributed by atoms with Crippen molar-refractivity contribution >= 4 is 17.3 Å². The summed E-state index contributed by atoms with van der Waals surface area (Å²) in [7, 11) is 0. The quantitative estimate of drug-likeness (QED) is 0.464. The number of carboxylic acids is 1. The molecule has 0 saturated heterocycles. The Morgan fingerprint density at radius 1 is 1.15 bits per heavy atom. The summed E-state index contributed by atoms with van der Waals surface area (Å²) in [6.07, 6.45) is -3.55. The molecule has 1 aromatic heterocycles. The van der Waals surface area contributed by atoms with Gasteiger partial charge in [0.1, 0.15) is 10.8 Å². The number of thiazole rings is 1. The van der Waals surface area contributed by atoms with Gasteiger partial charge in [0.15, 0.2) is 5.60 Å². The van der Waals surface area contributed by atoms with Crippen molar-refractivity contribution in [2.75, 3.05) is 6.54 Å². The van der Waals surface area contributed by atoms with Crippen LogP contribution in [-0.4, -0.2) is 33.1 Å². The zero-order valence-corrected chi connectivity index (χ0v) is 19.9. The molecule has 2 heterocycles. The zero-order valence-electron chi connectivity index (χ0n) is 19.1. The summed E-state index contributed by atoms with van der Waals surface area (Å²) in [4.78, 5) is 19.3. The van der Waals surface area contributed by atoms with Crippen molar-refractivity contribution in [1.29, 1.82) is 0 Å². The molecule has 0 radical (unpaired) electrons. The molecule has 0 atom stereocenters. The van der Waals surface area contributed by atoms with Crippen LogP contribution in [0.3, 0.4) is 0 Å². The lowest BCUT2D eigenvalue weighted by molar-refractivity contribution is -0.152. The van der Waals surface area contributed by atoms with Crippen molar-refractivity contribution in [3.8, 4) is 16.3 Å². The second-order valence-electron chi connectivity index (χ2n) is 8.91. The second kappa shape index (κ2) is 9.03. The Kier molecular flexibility index (Phi) is 6.44. The smallest absolute Gasteiger partial charge is 0.416 e. The van der Waals surface area contributed by atoms with Gasteiger partial charge in [-0.15, -0.1) is 11.3 Å². The fourth-order valence-corrected chi connectivity index (χ4v) is 4.94. The predicted molar refractivity (Wildman–Crippen MR) is 124 cm³/mol. The standard InChI is InChI=1S/C25H25F3N2O3S/c1-15-21(34-22(29-15)16-4-7-19(8-5-16)25(26,27)28)14-30-11-10-17-12-20(9-6-18(17)13-30)33-24(2,3)23(31)32/h4-9,12H,10-11,13-14H2,1-3H3,(H,31,32). The van der Waals surface area contributed by atoms with Gasteiger partial charge < -0.3 is 9.84 Å². The number of nitrogens with zero attached hydrogens (tertiary/aromatic N) is 2. The van der Waals surface area contributed by atoms with Gasteiger partial charge in [0.05, 0.1) is 11.3 Å². The van der Waals surface area contributed by atoms with Gasteiger partial charge in [0, 0.05) is 30.1 Å². The van der Waals surface area contributed by atoms with Crippen LogP contribution in [0.2, 0.25) is 0 Å². The van der Waals surface area contributed by atoms with E-state index >= 15 is 0 Å². The van der Waals surface area contributed by atoms with Gasteiger partial charge in [-0.3, -0.25) is 4.90 Å². The number of hydrogen-bond acceptors (Lipinski definition) is 5. The molecule has 3 aromatic rings. The average Bonchev–Trinajstić information content (AvgIpc) is 3.13. The number of alkyl halides is 3. The van der Waals surface area contributed by atoms with E-state index in [2.05, 4.69) is 9.88 Å². The number of halogens is 3. The van der Waals surface area contributed by atoms with E-state index in [-0.39, 0.29) is 0 Å². The SMILES string of the molecule is Cc1nc(-c2ccc(C(F)(F)F)cc2)sc1CN1CCc2cc(OC(C)(C)C(=O)O)ccc2C1. The van der Waals surface area contributed by atoms with E-state index in [9.17, 15) is 23.1 Å². The van der Waals surface area contributed by atoms with E-state index in [0.717, 1.165) is 53.3 Å². The maximum absolute atomic E-state index is 12.8. The summed E-state index contributed by atoms with van der Waals surface area (Å²) in [5.41, 5.74) is 1.89. The number of carboxylic acid groups (broad SMARTS) is 1. The largest absolute Gasteiger partial charge is 0.478 e. The molecule has 9 heteroatoms. The van der Waals surface area contributed by atoms with E-state index in [0.29, 0.717) is 22.9 Å². The van der Waals surface area contributed by atoms with Crippen molar-refractivity contribution in [2.24, 2.45) is 0 Å². The summed E-state index contributed by atoms with van der Waals surface area (Å²) >= 11 is 1.50. The molecule has 0 aliphatic carbocycles. The minimum Gasteiger partial charge on any atom is -0.478 e. The number of aromatic nitrogens is 1. The Balaban J connectivity index is 1.44. The molecular formula is C25H25F3N2O3S. The average molecular weight is 491 g/mol. The molecule has 180 valence electrons. The van der Waals surface area contributed by atoms with Gasteiger partial charge in [-0.25, -0.2) is 9.78 Å². The Morgan fingerprint density at radius 3 is 2.50 bits per heavy atom. The van der Waals surface area contributed by atoms with Crippen LogP contribution in [-0.2, 0) is 30.5 Å². The van der Waals surface area contributed by atoms with Gasteiger partial charge in [-0.1, -0.05) is 18.2 Å². The molecule has 0 unspecified atom stereocenters. The van der Waals surface area contributed by atoms with Crippen LogP contribution >= 0.6 is 11.3 Å². The molecule has 0 bridgehead atoms. The molecule has 1 N–H and O–H groups in total. The first kappa shape index (κ1) is 24.2. The van der Waals surface area contributed by atoms with Gasteiger partial charge in [0.25, 0.3) is 0 Å². The number of hydrogen-bond donors (Lipinski definition) is 1. The van der Waals surface area contributed by atoms with Crippen LogP contribution in [0.5, 0.6) is 5.75 Å². The third kappa shape index (κ3) is 5.26. The maximum atomic E-state index is 12.8. The number of ether oxygens (including phenoxy) is 1. The van der Waals surface area contributed by atoms with Crippen molar-refractivity contribution in [3.05, 3.63) is 69.7 Å². The Hall–Kier alpha value is -2.91. The number of aliphatic carboxylic acids is 1. The number of benzene rings is 2. The first-order valence-electron chi connectivity index (χ1n) is 10.8. The lowest BCUT2D eigenvalue weighted by Crippen LogP contribution is -2.38. The number of fused-ring (bicyclic) bond motifs is 1. The molecule has 0 spiro atoms. The minimum absolute atomic E-state index is 0.541. The third-order valence-electron chi connectivity index (χ3n) is 5.88. The highest BCUT2D eigenvalue weighted by atomic mass is 32.1. The summed E-state index contributed by atoms with van der Waals surface area (Å²) < 4.78 is 44.2. The summed E-state index contributed by atoms with van der Waals surface area (Å²) in [6.45, 7) is 7.23. The fraction of sp³-hybridized carbons (Fsp3) is 0.360. The van der Waals surface area contributed by atoms with Gasteiger partial charge in [0.2, 0.25) is 0 Å². The van der Waals surface area contributed by atoms with Gasteiger partial charge in [-0.05, 0) is 62.6 Å². The van der Waals surface area contributed by atoms with E-state index in [1.165, 1.54) is 37.3 Å². The molecule has 0 amide bonds. The monoisotopic (exact) mass is 490 g/mol. The van der Waals surface area contributed by atoms with E-state index in [1.807, 2.05) is 19.1 Å². The number of aryl methyl sites for hydroxylation is 1. The zero-order chi connectivity index (χ0) is 24.7. The third-order valence-corrected chi connectivity index (χ3v) is 7.07. The number of carbonyl (C=O) groups is 1. The van der Waals surface area contributed by atoms with Crippen LogP contribution in [0.15, 0.2) is 42.5 Å². The normalized spacial score (nSPS) is 14.6. The van der Waals surface area contributed by atoms with Crippen LogP contribution in [0.25, 0.3) is 10.6 Å². The minimum atomic E-state index is -4.35. The Labute approximate surface area is 199 Å². The lowest BCUT2D eigenvalue weighted by Gasteiger charge is -2.29. The maximum Gasteiger partial charge on any atom is 0.416 e. The van der Waals surface area contributed by atoms with Crippen LogP contribution in [0, 0.1) is 6.92 Å². The van der Waals surface area contributed by atoms with Gasteiger partial charge >= 0.3 is 12.1 Å².